The Morgan fingerprint density at radius 2 is 1.96 bits per heavy atom. The number of benzene rings is 1. The summed E-state index contributed by atoms with van der Waals surface area (Å²) in [5, 5.41) is 21.0. The van der Waals surface area contributed by atoms with Crippen LogP contribution in [0.4, 0.5) is 5.69 Å². The van der Waals surface area contributed by atoms with Gasteiger partial charge in [-0.3, -0.25) is 10.1 Å². The van der Waals surface area contributed by atoms with Gasteiger partial charge in [-0.25, -0.2) is 8.42 Å². The first-order chi connectivity index (χ1) is 10.8. The molecule has 0 N–H and O–H groups in total. The van der Waals surface area contributed by atoms with E-state index in [4.69, 9.17) is 0 Å². The Labute approximate surface area is 133 Å². The maximum Gasteiger partial charge on any atom is 0.309 e. The van der Waals surface area contributed by atoms with Crippen LogP contribution >= 0.6 is 0 Å². The Morgan fingerprint density at radius 1 is 1.22 bits per heavy atom. The van der Waals surface area contributed by atoms with Crippen LogP contribution in [0.15, 0.2) is 59.8 Å². The average Bonchev–Trinajstić information content (AvgIpc) is 2.53. The van der Waals surface area contributed by atoms with E-state index in [1.54, 1.807) is 6.07 Å². The van der Waals surface area contributed by atoms with Crippen molar-refractivity contribution >= 4 is 21.6 Å². The SMILES string of the molecule is CC(C=Cc1cccc([N+](=O)[O-])c1)S(=O)(=O)c1cccc[n+]1[O-]. The summed E-state index contributed by atoms with van der Waals surface area (Å²) in [7, 11) is -3.84. The maximum absolute atomic E-state index is 12.4. The summed E-state index contributed by atoms with van der Waals surface area (Å²) < 4.78 is 25.0. The number of hydrogen-bond acceptors (Lipinski definition) is 5. The molecular weight excluding hydrogens is 320 g/mol. The summed E-state index contributed by atoms with van der Waals surface area (Å²) in [6.45, 7) is 1.44. The maximum atomic E-state index is 12.4. The fraction of sp³-hybridized carbons (Fsp3) is 0.133. The number of hydrogen-bond donors (Lipinski definition) is 0. The van der Waals surface area contributed by atoms with Crippen LogP contribution in [-0.4, -0.2) is 18.6 Å². The average molecular weight is 334 g/mol. The summed E-state index contributed by atoms with van der Waals surface area (Å²) in [5.74, 6) is 0. The summed E-state index contributed by atoms with van der Waals surface area (Å²) >= 11 is 0. The highest BCUT2D eigenvalue weighted by atomic mass is 32.2. The molecule has 0 aliphatic rings. The van der Waals surface area contributed by atoms with E-state index in [9.17, 15) is 23.7 Å². The second kappa shape index (κ2) is 6.57. The number of sulfone groups is 1. The Balaban J connectivity index is 2.28. The third-order valence-corrected chi connectivity index (χ3v) is 5.25. The number of nitrogens with zero attached hydrogens (tertiary/aromatic N) is 2. The lowest BCUT2D eigenvalue weighted by Crippen LogP contribution is -2.35. The van der Waals surface area contributed by atoms with Gasteiger partial charge in [0.1, 0.15) is 0 Å². The molecule has 0 aliphatic heterocycles. The van der Waals surface area contributed by atoms with Gasteiger partial charge in [0, 0.05) is 24.3 Å². The molecule has 0 bridgehead atoms. The van der Waals surface area contributed by atoms with Crippen LogP contribution in [0, 0.1) is 15.3 Å². The van der Waals surface area contributed by atoms with Gasteiger partial charge in [-0.2, -0.15) is 4.73 Å². The Kier molecular flexibility index (Phi) is 4.75. The van der Waals surface area contributed by atoms with Gasteiger partial charge >= 0.3 is 5.03 Å². The van der Waals surface area contributed by atoms with E-state index >= 15 is 0 Å². The fourth-order valence-corrected chi connectivity index (χ4v) is 3.16. The summed E-state index contributed by atoms with van der Waals surface area (Å²) in [6, 6.07) is 9.97. The second-order valence-electron chi connectivity index (χ2n) is 4.83. The predicted molar refractivity (Wildman–Crippen MR) is 84.2 cm³/mol. The standard InChI is InChI=1S/C15H14N2O5S/c1-12(23(21,22)15-7-2-3-10-16(15)18)8-9-13-5-4-6-14(11-13)17(19)20/h2-12H,1H3. The molecule has 1 heterocycles. The van der Waals surface area contributed by atoms with Crippen molar-refractivity contribution < 1.29 is 18.1 Å². The monoisotopic (exact) mass is 334 g/mol. The molecule has 2 aromatic rings. The van der Waals surface area contributed by atoms with Crippen LogP contribution in [0.25, 0.3) is 6.08 Å². The minimum atomic E-state index is -3.84. The topological polar surface area (TPSA) is 104 Å². The van der Waals surface area contributed by atoms with Gasteiger partial charge in [0.25, 0.3) is 5.69 Å². The quantitative estimate of drug-likeness (QED) is 0.360. The van der Waals surface area contributed by atoms with Crippen molar-refractivity contribution in [3.05, 3.63) is 75.6 Å². The third kappa shape index (κ3) is 3.72. The molecule has 0 radical (unpaired) electrons. The summed E-state index contributed by atoms with van der Waals surface area (Å²) in [6.07, 6.45) is 3.98. The zero-order chi connectivity index (χ0) is 17.0. The van der Waals surface area contributed by atoms with Gasteiger partial charge in [-0.05, 0) is 18.6 Å². The molecule has 1 atom stereocenters. The minimum Gasteiger partial charge on any atom is -0.618 e. The van der Waals surface area contributed by atoms with Crippen molar-refractivity contribution in [1.82, 2.24) is 0 Å². The molecule has 8 heteroatoms. The van der Waals surface area contributed by atoms with E-state index in [-0.39, 0.29) is 10.7 Å². The molecule has 0 saturated carbocycles. The molecule has 120 valence electrons. The molecule has 0 amide bonds. The lowest BCUT2D eigenvalue weighted by molar-refractivity contribution is -0.646. The third-order valence-electron chi connectivity index (χ3n) is 3.21. The Hall–Kier alpha value is -2.74. The Bertz CT molecular complexity index is 862. The molecule has 0 saturated heterocycles. The molecule has 0 aliphatic carbocycles. The van der Waals surface area contributed by atoms with Crippen LogP contribution in [0.2, 0.25) is 0 Å². The number of nitro benzene ring substituents is 1. The molecule has 23 heavy (non-hydrogen) atoms. The van der Waals surface area contributed by atoms with E-state index in [1.807, 2.05) is 0 Å². The lowest BCUT2D eigenvalue weighted by Gasteiger charge is -2.08. The number of nitro groups is 1. The van der Waals surface area contributed by atoms with Gasteiger partial charge in [-0.1, -0.05) is 24.3 Å². The van der Waals surface area contributed by atoms with Gasteiger partial charge in [0.15, 0.2) is 6.20 Å². The number of pyridine rings is 1. The van der Waals surface area contributed by atoms with Crippen molar-refractivity contribution in [2.24, 2.45) is 0 Å². The highest BCUT2D eigenvalue weighted by molar-refractivity contribution is 7.92. The first-order valence-electron chi connectivity index (χ1n) is 6.67. The second-order valence-corrected chi connectivity index (χ2v) is 7.08. The van der Waals surface area contributed by atoms with Gasteiger partial charge < -0.3 is 5.21 Å². The van der Waals surface area contributed by atoms with E-state index < -0.39 is 20.0 Å². The zero-order valence-electron chi connectivity index (χ0n) is 12.2. The molecule has 1 unspecified atom stereocenters. The van der Waals surface area contributed by atoms with Gasteiger partial charge in [-0.15, -0.1) is 0 Å². The van der Waals surface area contributed by atoms with Crippen LogP contribution in [0.5, 0.6) is 0 Å². The number of non-ortho nitro benzene ring substituents is 1. The molecular formula is C15H14N2O5S. The Morgan fingerprint density at radius 3 is 2.61 bits per heavy atom. The lowest BCUT2D eigenvalue weighted by atomic mass is 10.2. The minimum absolute atomic E-state index is 0.0804. The van der Waals surface area contributed by atoms with Crippen LogP contribution in [0.1, 0.15) is 12.5 Å². The fourth-order valence-electron chi connectivity index (χ4n) is 1.92. The highest BCUT2D eigenvalue weighted by Crippen LogP contribution is 2.17. The van der Waals surface area contributed by atoms with E-state index in [0.29, 0.717) is 10.3 Å². The van der Waals surface area contributed by atoms with E-state index in [1.165, 1.54) is 55.5 Å². The smallest absolute Gasteiger partial charge is 0.309 e. The zero-order valence-corrected chi connectivity index (χ0v) is 13.0. The first kappa shape index (κ1) is 16.6. The molecule has 1 aromatic carbocycles. The first-order valence-corrected chi connectivity index (χ1v) is 8.22. The van der Waals surface area contributed by atoms with Gasteiger partial charge in [0.2, 0.25) is 9.84 Å². The van der Waals surface area contributed by atoms with Crippen molar-refractivity contribution in [2.45, 2.75) is 17.2 Å². The summed E-state index contributed by atoms with van der Waals surface area (Å²) in [5.41, 5.74) is 0.424. The molecule has 0 fully saturated rings. The number of rotatable bonds is 5. The van der Waals surface area contributed by atoms with Crippen molar-refractivity contribution in [2.75, 3.05) is 0 Å². The van der Waals surface area contributed by atoms with Crippen molar-refractivity contribution in [3.63, 3.8) is 0 Å². The highest BCUT2D eigenvalue weighted by Gasteiger charge is 2.28. The predicted octanol–water partition coefficient (Wildman–Crippen LogP) is 2.10. The largest absolute Gasteiger partial charge is 0.618 e. The van der Waals surface area contributed by atoms with E-state index in [2.05, 4.69) is 0 Å². The molecule has 0 spiro atoms. The number of aromatic nitrogens is 1. The van der Waals surface area contributed by atoms with Crippen LogP contribution in [-0.2, 0) is 9.84 Å². The van der Waals surface area contributed by atoms with Crippen molar-refractivity contribution in [3.8, 4) is 0 Å². The molecule has 7 nitrogen and oxygen atoms in total. The van der Waals surface area contributed by atoms with Crippen LogP contribution < -0.4 is 4.73 Å². The van der Waals surface area contributed by atoms with Crippen LogP contribution in [0.3, 0.4) is 0 Å². The summed E-state index contributed by atoms with van der Waals surface area (Å²) in [4.78, 5) is 10.2. The van der Waals surface area contributed by atoms with Crippen molar-refractivity contribution in [1.29, 1.82) is 0 Å². The molecule has 2 rings (SSSR count). The van der Waals surface area contributed by atoms with Gasteiger partial charge in [0.05, 0.1) is 10.2 Å². The van der Waals surface area contributed by atoms with E-state index in [0.717, 1.165) is 6.20 Å². The normalized spacial score (nSPS) is 13.1. The molecule has 1 aromatic heterocycles.